The SMILES string of the molecule is CCC(=O)N(CC(C)C)CC(F)(F)F. The van der Waals surface area contributed by atoms with Crippen molar-refractivity contribution in [2.75, 3.05) is 13.1 Å². The molecule has 0 fully saturated rings. The first-order valence-electron chi connectivity index (χ1n) is 4.60. The van der Waals surface area contributed by atoms with E-state index in [-0.39, 0.29) is 18.9 Å². The molecular formula is C9H16F3NO. The number of nitrogens with zero attached hydrogens (tertiary/aromatic N) is 1. The Kier molecular flexibility index (Phi) is 4.94. The Morgan fingerprint density at radius 3 is 2.14 bits per heavy atom. The Labute approximate surface area is 82.1 Å². The lowest BCUT2D eigenvalue weighted by atomic mass is 10.2. The van der Waals surface area contributed by atoms with Gasteiger partial charge < -0.3 is 4.90 Å². The van der Waals surface area contributed by atoms with E-state index in [0.717, 1.165) is 4.90 Å². The molecule has 14 heavy (non-hydrogen) atoms. The van der Waals surface area contributed by atoms with Gasteiger partial charge in [-0.15, -0.1) is 0 Å². The van der Waals surface area contributed by atoms with Crippen molar-refractivity contribution < 1.29 is 18.0 Å². The molecule has 0 aromatic heterocycles. The number of carbonyl (C=O) groups excluding carboxylic acids is 1. The monoisotopic (exact) mass is 211 g/mol. The Morgan fingerprint density at radius 1 is 1.36 bits per heavy atom. The molecule has 0 unspecified atom stereocenters. The zero-order valence-electron chi connectivity index (χ0n) is 8.69. The van der Waals surface area contributed by atoms with Gasteiger partial charge in [-0.05, 0) is 5.92 Å². The molecule has 0 heterocycles. The summed E-state index contributed by atoms with van der Waals surface area (Å²) in [4.78, 5) is 12.0. The van der Waals surface area contributed by atoms with Crippen LogP contribution in [0.15, 0.2) is 0 Å². The molecule has 84 valence electrons. The minimum absolute atomic E-state index is 0.0489. The van der Waals surface area contributed by atoms with Crippen LogP contribution in [0.4, 0.5) is 13.2 Å². The molecule has 0 saturated carbocycles. The Hall–Kier alpha value is -0.740. The summed E-state index contributed by atoms with van der Waals surface area (Å²) in [5, 5.41) is 0. The molecular weight excluding hydrogens is 195 g/mol. The van der Waals surface area contributed by atoms with Gasteiger partial charge in [0.05, 0.1) is 0 Å². The van der Waals surface area contributed by atoms with Crippen molar-refractivity contribution in [3.63, 3.8) is 0 Å². The molecule has 0 N–H and O–H groups in total. The van der Waals surface area contributed by atoms with E-state index in [1.54, 1.807) is 20.8 Å². The topological polar surface area (TPSA) is 20.3 Å². The van der Waals surface area contributed by atoms with Gasteiger partial charge in [0.1, 0.15) is 6.54 Å². The predicted octanol–water partition coefficient (Wildman–Crippen LogP) is 2.44. The first kappa shape index (κ1) is 13.3. The number of carbonyl (C=O) groups is 1. The second kappa shape index (κ2) is 5.22. The molecule has 0 aliphatic rings. The fourth-order valence-corrected chi connectivity index (χ4v) is 1.14. The molecule has 0 aromatic rings. The number of rotatable bonds is 4. The lowest BCUT2D eigenvalue weighted by Gasteiger charge is -2.25. The number of amides is 1. The summed E-state index contributed by atoms with van der Waals surface area (Å²) in [6, 6.07) is 0. The van der Waals surface area contributed by atoms with E-state index in [0.29, 0.717) is 0 Å². The maximum Gasteiger partial charge on any atom is 0.406 e. The summed E-state index contributed by atoms with van der Waals surface area (Å²) >= 11 is 0. The third-order valence-electron chi connectivity index (χ3n) is 1.61. The third kappa shape index (κ3) is 5.83. The minimum atomic E-state index is -4.31. The summed E-state index contributed by atoms with van der Waals surface area (Å²) < 4.78 is 36.2. The van der Waals surface area contributed by atoms with Crippen molar-refractivity contribution in [3.8, 4) is 0 Å². The normalized spacial score (nSPS) is 11.9. The lowest BCUT2D eigenvalue weighted by molar-refractivity contribution is -0.161. The largest absolute Gasteiger partial charge is 0.406 e. The van der Waals surface area contributed by atoms with Gasteiger partial charge in [0, 0.05) is 13.0 Å². The molecule has 0 radical (unpaired) electrons. The van der Waals surface area contributed by atoms with Crippen LogP contribution in [0.5, 0.6) is 0 Å². The van der Waals surface area contributed by atoms with E-state index >= 15 is 0 Å². The average Bonchev–Trinajstić information content (AvgIpc) is 1.98. The molecule has 0 aliphatic carbocycles. The van der Waals surface area contributed by atoms with Crippen LogP contribution in [-0.4, -0.2) is 30.1 Å². The first-order valence-corrected chi connectivity index (χ1v) is 4.60. The van der Waals surface area contributed by atoms with Gasteiger partial charge >= 0.3 is 6.18 Å². The van der Waals surface area contributed by atoms with Crippen LogP contribution < -0.4 is 0 Å². The van der Waals surface area contributed by atoms with E-state index in [1.807, 2.05) is 0 Å². The van der Waals surface area contributed by atoms with Crippen molar-refractivity contribution in [2.45, 2.75) is 33.4 Å². The van der Waals surface area contributed by atoms with E-state index in [4.69, 9.17) is 0 Å². The van der Waals surface area contributed by atoms with Crippen LogP contribution in [0.2, 0.25) is 0 Å². The molecule has 0 saturated heterocycles. The highest BCUT2D eigenvalue weighted by Crippen LogP contribution is 2.17. The van der Waals surface area contributed by atoms with Gasteiger partial charge in [0.15, 0.2) is 0 Å². The zero-order valence-corrected chi connectivity index (χ0v) is 8.69. The summed E-state index contributed by atoms with van der Waals surface area (Å²) in [7, 11) is 0. The molecule has 5 heteroatoms. The summed E-state index contributed by atoms with van der Waals surface area (Å²) in [6.45, 7) is 4.15. The molecule has 0 aromatic carbocycles. The summed E-state index contributed by atoms with van der Waals surface area (Å²) in [5.74, 6) is -0.399. The maximum atomic E-state index is 12.1. The molecule has 1 amide bonds. The highest BCUT2D eigenvalue weighted by atomic mass is 19.4. The number of hydrogen-bond donors (Lipinski definition) is 0. The van der Waals surface area contributed by atoms with E-state index < -0.39 is 18.6 Å². The van der Waals surface area contributed by atoms with Crippen LogP contribution in [0.1, 0.15) is 27.2 Å². The van der Waals surface area contributed by atoms with Crippen LogP contribution >= 0.6 is 0 Å². The summed E-state index contributed by atoms with van der Waals surface area (Å²) in [5.41, 5.74) is 0. The molecule has 0 rings (SSSR count). The maximum absolute atomic E-state index is 12.1. The molecule has 0 bridgehead atoms. The number of hydrogen-bond acceptors (Lipinski definition) is 1. The van der Waals surface area contributed by atoms with Gasteiger partial charge in [0.2, 0.25) is 5.91 Å². The first-order chi connectivity index (χ1) is 6.26. The van der Waals surface area contributed by atoms with Crippen LogP contribution in [0, 0.1) is 5.92 Å². The standard InChI is InChI=1S/C9H16F3NO/c1-4-8(14)13(5-7(2)3)6-9(10,11)12/h7H,4-6H2,1-3H3. The quantitative estimate of drug-likeness (QED) is 0.699. The average molecular weight is 211 g/mol. The Balaban J connectivity index is 4.33. The fraction of sp³-hybridized carbons (Fsp3) is 0.889. The van der Waals surface area contributed by atoms with Crippen LogP contribution in [0.3, 0.4) is 0 Å². The van der Waals surface area contributed by atoms with E-state index in [2.05, 4.69) is 0 Å². The van der Waals surface area contributed by atoms with Gasteiger partial charge in [-0.25, -0.2) is 0 Å². The van der Waals surface area contributed by atoms with Crippen molar-refractivity contribution in [2.24, 2.45) is 5.92 Å². The summed E-state index contributed by atoms with van der Waals surface area (Å²) in [6.07, 6.45) is -4.19. The highest BCUT2D eigenvalue weighted by Gasteiger charge is 2.32. The van der Waals surface area contributed by atoms with Gasteiger partial charge in [0.25, 0.3) is 0 Å². The minimum Gasteiger partial charge on any atom is -0.333 e. The molecule has 0 aliphatic heterocycles. The van der Waals surface area contributed by atoms with Crippen LogP contribution in [0.25, 0.3) is 0 Å². The second-order valence-electron chi connectivity index (χ2n) is 3.64. The van der Waals surface area contributed by atoms with Gasteiger partial charge in [-0.1, -0.05) is 20.8 Å². The van der Waals surface area contributed by atoms with Gasteiger partial charge in [-0.2, -0.15) is 13.2 Å². The van der Waals surface area contributed by atoms with E-state index in [9.17, 15) is 18.0 Å². The zero-order chi connectivity index (χ0) is 11.4. The number of alkyl halides is 3. The molecule has 0 atom stereocenters. The second-order valence-corrected chi connectivity index (χ2v) is 3.64. The van der Waals surface area contributed by atoms with Crippen molar-refractivity contribution in [1.82, 2.24) is 4.90 Å². The predicted molar refractivity (Wildman–Crippen MR) is 47.8 cm³/mol. The molecule has 2 nitrogen and oxygen atoms in total. The molecule has 0 spiro atoms. The van der Waals surface area contributed by atoms with Gasteiger partial charge in [-0.3, -0.25) is 4.79 Å². The Bertz CT molecular complexity index is 189. The van der Waals surface area contributed by atoms with Crippen molar-refractivity contribution in [3.05, 3.63) is 0 Å². The lowest BCUT2D eigenvalue weighted by Crippen LogP contribution is -2.40. The van der Waals surface area contributed by atoms with Crippen LogP contribution in [-0.2, 0) is 4.79 Å². The smallest absolute Gasteiger partial charge is 0.333 e. The third-order valence-corrected chi connectivity index (χ3v) is 1.61. The Morgan fingerprint density at radius 2 is 1.86 bits per heavy atom. The fourth-order valence-electron chi connectivity index (χ4n) is 1.14. The highest BCUT2D eigenvalue weighted by molar-refractivity contribution is 5.75. The van der Waals surface area contributed by atoms with E-state index in [1.165, 1.54) is 0 Å². The number of halogens is 3. The van der Waals surface area contributed by atoms with Crippen molar-refractivity contribution in [1.29, 1.82) is 0 Å². The van der Waals surface area contributed by atoms with Crippen molar-refractivity contribution >= 4 is 5.91 Å².